The van der Waals surface area contributed by atoms with Crippen molar-refractivity contribution in [2.75, 3.05) is 0 Å². The molecular weight excluding hydrogens is 300 g/mol. The van der Waals surface area contributed by atoms with E-state index in [9.17, 15) is 9.59 Å². The average molecular weight is 326 g/mol. The first-order valence-electron chi connectivity index (χ1n) is 9.45. The third-order valence-electron chi connectivity index (χ3n) is 7.15. The molecule has 0 aromatic heterocycles. The van der Waals surface area contributed by atoms with Crippen LogP contribution in [0.5, 0.6) is 0 Å². The van der Waals surface area contributed by atoms with E-state index in [1.54, 1.807) is 0 Å². The number of fused-ring (bicyclic) bond motifs is 5. The molecule has 0 bridgehead atoms. The largest absolute Gasteiger partial charge is 0.461 e. The molecule has 0 spiro atoms. The number of ketones is 1. The highest BCUT2D eigenvalue weighted by atomic mass is 16.5. The maximum Gasteiger partial charge on any atom is 0.302 e. The minimum absolute atomic E-state index is 0.0764. The monoisotopic (exact) mass is 326 g/mol. The van der Waals surface area contributed by atoms with Crippen LogP contribution in [0.15, 0.2) is 11.6 Å². The zero-order valence-corrected chi connectivity index (χ0v) is 14.4. The first-order valence-corrected chi connectivity index (χ1v) is 9.45. The summed E-state index contributed by atoms with van der Waals surface area (Å²) in [6.45, 7) is 1.49. The van der Waals surface area contributed by atoms with E-state index in [-0.39, 0.29) is 18.0 Å². The summed E-state index contributed by atoms with van der Waals surface area (Å²) in [5.41, 5.74) is 1.41. The number of esters is 1. The summed E-state index contributed by atoms with van der Waals surface area (Å²) in [6.07, 6.45) is 14.9. The van der Waals surface area contributed by atoms with Crippen LogP contribution in [-0.2, 0) is 14.3 Å². The van der Waals surface area contributed by atoms with E-state index in [2.05, 4.69) is 5.92 Å². The number of hydrogen-bond acceptors (Lipinski definition) is 3. The summed E-state index contributed by atoms with van der Waals surface area (Å²) in [6, 6.07) is 0. The Morgan fingerprint density at radius 1 is 1.12 bits per heavy atom. The van der Waals surface area contributed by atoms with Crippen LogP contribution in [0.2, 0.25) is 0 Å². The van der Waals surface area contributed by atoms with Gasteiger partial charge in [0.15, 0.2) is 5.78 Å². The Hall–Kier alpha value is -1.56. The second-order valence-corrected chi connectivity index (χ2v) is 8.19. The van der Waals surface area contributed by atoms with Crippen molar-refractivity contribution < 1.29 is 14.3 Å². The lowest BCUT2D eigenvalue weighted by Gasteiger charge is -2.49. The van der Waals surface area contributed by atoms with Gasteiger partial charge in [-0.3, -0.25) is 9.59 Å². The molecule has 0 aromatic carbocycles. The molecule has 3 nitrogen and oxygen atoms in total. The number of ether oxygens (including phenoxy) is 1. The molecule has 0 saturated heterocycles. The van der Waals surface area contributed by atoms with Crippen LogP contribution in [0.3, 0.4) is 0 Å². The van der Waals surface area contributed by atoms with Crippen molar-refractivity contribution in [2.24, 2.45) is 35.5 Å². The first-order chi connectivity index (χ1) is 11.6. The molecule has 0 amide bonds. The average Bonchev–Trinajstić information content (AvgIpc) is 2.91. The van der Waals surface area contributed by atoms with Gasteiger partial charge in [0, 0.05) is 19.3 Å². The molecule has 4 rings (SSSR count). The Labute approximate surface area is 144 Å². The standard InChI is InChI=1S/C21H26O3/c1-3-13-11-20-18-6-4-14-10-15(23)5-7-16(14)17(18)8-9-19(20)21(13)24-12(2)22/h1,10,13,16-21H,4-9,11H2,2H3/t13?,16-,17+,18+,19-,20-,21?/m0/s1. The van der Waals surface area contributed by atoms with Crippen molar-refractivity contribution in [3.8, 4) is 12.3 Å². The van der Waals surface area contributed by atoms with Crippen LogP contribution in [0.1, 0.15) is 51.9 Å². The molecule has 3 heteroatoms. The Kier molecular flexibility index (Phi) is 4.03. The lowest BCUT2D eigenvalue weighted by Crippen LogP contribution is -2.43. The second-order valence-electron chi connectivity index (χ2n) is 8.19. The van der Waals surface area contributed by atoms with E-state index in [0.29, 0.717) is 41.8 Å². The molecule has 24 heavy (non-hydrogen) atoms. The normalized spacial score (nSPS) is 43.8. The number of carbonyl (C=O) groups is 2. The number of allylic oxidation sites excluding steroid dienone is 1. The van der Waals surface area contributed by atoms with Crippen molar-refractivity contribution in [3.05, 3.63) is 11.6 Å². The Morgan fingerprint density at radius 3 is 2.67 bits per heavy atom. The van der Waals surface area contributed by atoms with Crippen LogP contribution >= 0.6 is 0 Å². The zero-order chi connectivity index (χ0) is 16.8. The predicted molar refractivity (Wildman–Crippen MR) is 90.7 cm³/mol. The molecule has 4 aliphatic carbocycles. The molecular formula is C21H26O3. The van der Waals surface area contributed by atoms with Gasteiger partial charge >= 0.3 is 5.97 Å². The summed E-state index contributed by atoms with van der Waals surface area (Å²) in [7, 11) is 0. The van der Waals surface area contributed by atoms with Crippen LogP contribution in [0, 0.1) is 47.9 Å². The van der Waals surface area contributed by atoms with Gasteiger partial charge in [0.2, 0.25) is 0 Å². The third kappa shape index (κ3) is 2.51. The van der Waals surface area contributed by atoms with E-state index >= 15 is 0 Å². The van der Waals surface area contributed by atoms with Crippen molar-refractivity contribution in [1.29, 1.82) is 0 Å². The van der Waals surface area contributed by atoms with Crippen LogP contribution in [0.25, 0.3) is 0 Å². The SMILES string of the molecule is C#CC1C[C@H]2[C@@H]3CCC4=CC(=O)CC[C@@H]4[C@H]3CC[C@@H]2C1OC(C)=O. The van der Waals surface area contributed by atoms with Gasteiger partial charge in [0.25, 0.3) is 0 Å². The van der Waals surface area contributed by atoms with Crippen LogP contribution in [-0.4, -0.2) is 17.9 Å². The van der Waals surface area contributed by atoms with Gasteiger partial charge in [-0.05, 0) is 68.3 Å². The summed E-state index contributed by atoms with van der Waals surface area (Å²) >= 11 is 0. The molecule has 0 N–H and O–H groups in total. The van der Waals surface area contributed by atoms with E-state index in [0.717, 1.165) is 25.7 Å². The maximum absolute atomic E-state index is 11.7. The van der Waals surface area contributed by atoms with E-state index < -0.39 is 0 Å². The topological polar surface area (TPSA) is 43.4 Å². The predicted octanol–water partition coefficient (Wildman–Crippen LogP) is 3.53. The lowest BCUT2D eigenvalue weighted by atomic mass is 9.56. The van der Waals surface area contributed by atoms with Gasteiger partial charge in [-0.25, -0.2) is 0 Å². The van der Waals surface area contributed by atoms with Gasteiger partial charge in [0.1, 0.15) is 6.10 Å². The number of hydrogen-bond donors (Lipinski definition) is 0. The summed E-state index contributed by atoms with van der Waals surface area (Å²) < 4.78 is 5.65. The molecule has 3 saturated carbocycles. The van der Waals surface area contributed by atoms with Crippen molar-refractivity contribution in [3.63, 3.8) is 0 Å². The molecule has 0 aliphatic heterocycles. The van der Waals surface area contributed by atoms with Gasteiger partial charge in [0.05, 0.1) is 5.92 Å². The molecule has 0 aromatic rings. The number of rotatable bonds is 1. The highest BCUT2D eigenvalue weighted by Gasteiger charge is 2.54. The molecule has 0 radical (unpaired) electrons. The third-order valence-corrected chi connectivity index (χ3v) is 7.15. The van der Waals surface area contributed by atoms with Gasteiger partial charge in [-0.2, -0.15) is 0 Å². The smallest absolute Gasteiger partial charge is 0.302 e. The molecule has 7 atom stereocenters. The quantitative estimate of drug-likeness (QED) is 0.547. The number of terminal acetylenes is 1. The minimum atomic E-state index is -0.206. The summed E-state index contributed by atoms with van der Waals surface area (Å²) in [4.78, 5) is 23.2. The van der Waals surface area contributed by atoms with Gasteiger partial charge < -0.3 is 4.74 Å². The van der Waals surface area contributed by atoms with E-state index in [1.807, 2.05) is 6.08 Å². The van der Waals surface area contributed by atoms with Gasteiger partial charge in [-0.15, -0.1) is 6.42 Å². The van der Waals surface area contributed by atoms with E-state index in [4.69, 9.17) is 11.2 Å². The van der Waals surface area contributed by atoms with Crippen molar-refractivity contribution >= 4 is 11.8 Å². The number of carbonyl (C=O) groups excluding carboxylic acids is 2. The molecule has 0 heterocycles. The fourth-order valence-corrected chi connectivity index (χ4v) is 6.33. The van der Waals surface area contributed by atoms with Crippen molar-refractivity contribution in [2.45, 2.75) is 58.0 Å². The van der Waals surface area contributed by atoms with Gasteiger partial charge in [-0.1, -0.05) is 11.5 Å². The van der Waals surface area contributed by atoms with Crippen LogP contribution in [0.4, 0.5) is 0 Å². The highest BCUT2D eigenvalue weighted by molar-refractivity contribution is 5.91. The maximum atomic E-state index is 11.7. The Morgan fingerprint density at radius 2 is 1.92 bits per heavy atom. The molecule has 3 fully saturated rings. The first kappa shape index (κ1) is 15.9. The summed E-state index contributed by atoms with van der Waals surface area (Å²) in [5.74, 6) is 6.12. The second kappa shape index (κ2) is 6.06. The molecule has 2 unspecified atom stereocenters. The Balaban J connectivity index is 1.57. The fourth-order valence-electron chi connectivity index (χ4n) is 6.33. The zero-order valence-electron chi connectivity index (χ0n) is 14.4. The van der Waals surface area contributed by atoms with Crippen LogP contribution < -0.4 is 0 Å². The fraction of sp³-hybridized carbons (Fsp3) is 0.714. The summed E-state index contributed by atoms with van der Waals surface area (Å²) in [5, 5.41) is 0. The molecule has 4 aliphatic rings. The minimum Gasteiger partial charge on any atom is -0.461 e. The Bertz CT molecular complexity index is 625. The van der Waals surface area contributed by atoms with Crippen molar-refractivity contribution in [1.82, 2.24) is 0 Å². The lowest BCUT2D eigenvalue weighted by molar-refractivity contribution is -0.151. The highest BCUT2D eigenvalue weighted by Crippen LogP contribution is 2.58. The van der Waals surface area contributed by atoms with E-state index in [1.165, 1.54) is 25.3 Å². The molecule has 128 valence electrons.